The molecule has 0 fully saturated rings. The number of hydrogen-bond donors (Lipinski definition) is 2. The molecule has 0 bridgehead atoms. The highest BCUT2D eigenvalue weighted by atomic mass is 19.4. The maximum Gasteiger partial charge on any atom is 0.416 e. The van der Waals surface area contributed by atoms with Gasteiger partial charge in [-0.25, -0.2) is 0 Å². The molecular formula is C22H27F3N2O2. The summed E-state index contributed by atoms with van der Waals surface area (Å²) in [5.41, 5.74) is 0.00209. The molecule has 0 aliphatic heterocycles. The number of hydrogen-bond acceptors (Lipinski definition) is 3. The van der Waals surface area contributed by atoms with Gasteiger partial charge in [0, 0.05) is 17.4 Å². The maximum absolute atomic E-state index is 12.7. The Morgan fingerprint density at radius 1 is 0.966 bits per heavy atom. The van der Waals surface area contributed by atoms with Gasteiger partial charge in [-0.1, -0.05) is 44.7 Å². The van der Waals surface area contributed by atoms with Crippen LogP contribution in [0.5, 0.6) is 5.75 Å². The number of amides is 1. The second-order valence-electron chi connectivity index (χ2n) is 6.77. The van der Waals surface area contributed by atoms with E-state index >= 15 is 0 Å². The maximum atomic E-state index is 12.7. The zero-order valence-electron chi connectivity index (χ0n) is 16.5. The molecule has 2 N–H and O–H groups in total. The van der Waals surface area contributed by atoms with Gasteiger partial charge in [-0.2, -0.15) is 13.2 Å². The summed E-state index contributed by atoms with van der Waals surface area (Å²) in [7, 11) is 0. The fraction of sp³-hybridized carbons (Fsp3) is 0.409. The number of ether oxygens (including phenoxy) is 1. The van der Waals surface area contributed by atoms with Gasteiger partial charge in [-0.15, -0.1) is 0 Å². The zero-order valence-corrected chi connectivity index (χ0v) is 16.5. The van der Waals surface area contributed by atoms with E-state index < -0.39 is 17.6 Å². The number of alkyl halides is 3. The third kappa shape index (κ3) is 8.46. The molecule has 2 aromatic rings. The van der Waals surface area contributed by atoms with Gasteiger partial charge >= 0.3 is 6.18 Å². The van der Waals surface area contributed by atoms with E-state index in [1.54, 1.807) is 12.1 Å². The van der Waals surface area contributed by atoms with Crippen LogP contribution in [0.1, 0.15) is 44.6 Å². The summed E-state index contributed by atoms with van der Waals surface area (Å²) < 4.78 is 44.0. The first kappa shape index (κ1) is 22.6. The van der Waals surface area contributed by atoms with Crippen LogP contribution in [0, 0.1) is 0 Å². The number of carbonyl (C=O) groups is 1. The Bertz CT molecular complexity index is 779. The normalized spacial score (nSPS) is 11.2. The molecule has 0 atom stereocenters. The van der Waals surface area contributed by atoms with Crippen molar-refractivity contribution in [2.45, 2.75) is 45.2 Å². The van der Waals surface area contributed by atoms with Crippen LogP contribution >= 0.6 is 0 Å². The van der Waals surface area contributed by atoms with Gasteiger partial charge in [-0.05, 0) is 36.8 Å². The van der Waals surface area contributed by atoms with Crippen LogP contribution in [0.2, 0.25) is 0 Å². The topological polar surface area (TPSA) is 50.4 Å². The Balaban J connectivity index is 1.78. The van der Waals surface area contributed by atoms with E-state index in [9.17, 15) is 18.0 Å². The summed E-state index contributed by atoms with van der Waals surface area (Å²) in [5.74, 6) is 0.273. The van der Waals surface area contributed by atoms with Gasteiger partial charge in [0.15, 0.2) is 0 Å². The molecule has 0 aliphatic carbocycles. The van der Waals surface area contributed by atoms with Crippen molar-refractivity contribution in [3.8, 4) is 5.75 Å². The van der Waals surface area contributed by atoms with Crippen molar-refractivity contribution in [2.24, 2.45) is 0 Å². The molecule has 0 heterocycles. The van der Waals surface area contributed by atoms with E-state index in [-0.39, 0.29) is 12.2 Å². The minimum Gasteiger partial charge on any atom is -0.494 e. The standard InChI is InChI=1S/C22H27F3N2O2/c1-2-3-4-5-6-13-29-20-12-8-10-18(15-20)26-16-21(28)27-19-11-7-9-17(14-19)22(23,24)25/h7-12,14-15,26H,2-6,13,16H2,1H3,(H,27,28). The largest absolute Gasteiger partial charge is 0.494 e. The van der Waals surface area contributed by atoms with Crippen LogP contribution in [-0.2, 0) is 11.0 Å². The number of carbonyl (C=O) groups excluding carboxylic acids is 1. The minimum atomic E-state index is -4.45. The van der Waals surface area contributed by atoms with Gasteiger partial charge in [0.2, 0.25) is 5.91 Å². The number of benzene rings is 2. The molecule has 0 spiro atoms. The summed E-state index contributed by atoms with van der Waals surface area (Å²) in [6.07, 6.45) is 1.34. The van der Waals surface area contributed by atoms with E-state index in [2.05, 4.69) is 17.6 Å². The average Bonchev–Trinajstić information content (AvgIpc) is 2.69. The van der Waals surface area contributed by atoms with Crippen molar-refractivity contribution in [2.75, 3.05) is 23.8 Å². The molecule has 7 heteroatoms. The molecule has 1 amide bonds. The van der Waals surface area contributed by atoms with Crippen molar-refractivity contribution >= 4 is 17.3 Å². The molecule has 0 saturated carbocycles. The first-order valence-electron chi connectivity index (χ1n) is 9.82. The van der Waals surface area contributed by atoms with E-state index in [1.807, 2.05) is 12.1 Å². The van der Waals surface area contributed by atoms with Crippen molar-refractivity contribution in [3.05, 3.63) is 54.1 Å². The van der Waals surface area contributed by atoms with Crippen LogP contribution in [0.3, 0.4) is 0 Å². The van der Waals surface area contributed by atoms with Crippen LogP contribution in [0.15, 0.2) is 48.5 Å². The summed E-state index contributed by atoms with van der Waals surface area (Å²) in [6, 6.07) is 11.8. The van der Waals surface area contributed by atoms with E-state index in [1.165, 1.54) is 31.4 Å². The quantitative estimate of drug-likeness (QED) is 0.441. The molecule has 0 unspecified atom stereocenters. The predicted octanol–water partition coefficient (Wildman–Crippen LogP) is 6.11. The van der Waals surface area contributed by atoms with Gasteiger partial charge in [-0.3, -0.25) is 4.79 Å². The summed E-state index contributed by atoms with van der Waals surface area (Å²) in [6.45, 7) is 2.74. The van der Waals surface area contributed by atoms with Gasteiger partial charge in [0.1, 0.15) is 5.75 Å². The fourth-order valence-electron chi connectivity index (χ4n) is 2.75. The smallest absolute Gasteiger partial charge is 0.416 e. The fourth-order valence-corrected chi connectivity index (χ4v) is 2.75. The van der Waals surface area contributed by atoms with Gasteiger partial charge in [0.05, 0.1) is 18.7 Å². The monoisotopic (exact) mass is 408 g/mol. The second kappa shape index (κ2) is 11.3. The Hall–Kier alpha value is -2.70. The second-order valence-corrected chi connectivity index (χ2v) is 6.77. The first-order valence-corrected chi connectivity index (χ1v) is 9.82. The van der Waals surface area contributed by atoms with Crippen molar-refractivity contribution in [1.82, 2.24) is 0 Å². The van der Waals surface area contributed by atoms with Crippen LogP contribution in [-0.4, -0.2) is 19.1 Å². The summed E-state index contributed by atoms with van der Waals surface area (Å²) in [5, 5.41) is 5.42. The number of rotatable bonds is 11. The highest BCUT2D eigenvalue weighted by molar-refractivity contribution is 5.93. The lowest BCUT2D eigenvalue weighted by Crippen LogP contribution is -2.22. The Kier molecular flexibility index (Phi) is 8.83. The SMILES string of the molecule is CCCCCCCOc1cccc(NCC(=O)Nc2cccc(C(F)(F)F)c2)c1. The van der Waals surface area contributed by atoms with Crippen LogP contribution in [0.25, 0.3) is 0 Å². The van der Waals surface area contributed by atoms with E-state index in [0.717, 1.165) is 25.0 Å². The zero-order chi connectivity index (χ0) is 21.1. The third-order valence-corrected chi connectivity index (χ3v) is 4.28. The molecule has 0 saturated heterocycles. The van der Waals surface area contributed by atoms with E-state index in [0.29, 0.717) is 18.0 Å². The number of nitrogens with one attached hydrogen (secondary N) is 2. The molecule has 29 heavy (non-hydrogen) atoms. The Labute approximate surface area is 169 Å². The lowest BCUT2D eigenvalue weighted by atomic mass is 10.2. The molecule has 158 valence electrons. The molecule has 2 aromatic carbocycles. The molecule has 0 radical (unpaired) electrons. The van der Waals surface area contributed by atoms with Crippen molar-refractivity contribution in [1.29, 1.82) is 0 Å². The summed E-state index contributed by atoms with van der Waals surface area (Å²) in [4.78, 5) is 12.0. The van der Waals surface area contributed by atoms with Gasteiger partial charge in [0.25, 0.3) is 0 Å². The van der Waals surface area contributed by atoms with Gasteiger partial charge < -0.3 is 15.4 Å². The average molecular weight is 408 g/mol. The lowest BCUT2D eigenvalue weighted by Gasteiger charge is -2.12. The molecule has 4 nitrogen and oxygen atoms in total. The highest BCUT2D eigenvalue weighted by Crippen LogP contribution is 2.30. The molecule has 0 aromatic heterocycles. The van der Waals surface area contributed by atoms with Crippen LogP contribution in [0.4, 0.5) is 24.5 Å². The predicted molar refractivity (Wildman–Crippen MR) is 109 cm³/mol. The summed E-state index contributed by atoms with van der Waals surface area (Å²) >= 11 is 0. The first-order chi connectivity index (χ1) is 13.9. The van der Waals surface area contributed by atoms with Crippen molar-refractivity contribution in [3.63, 3.8) is 0 Å². The number of anilines is 2. The third-order valence-electron chi connectivity index (χ3n) is 4.28. The molecule has 2 rings (SSSR count). The van der Waals surface area contributed by atoms with Crippen LogP contribution < -0.4 is 15.4 Å². The Morgan fingerprint density at radius 2 is 1.69 bits per heavy atom. The lowest BCUT2D eigenvalue weighted by molar-refractivity contribution is -0.137. The number of unbranched alkanes of at least 4 members (excludes halogenated alkanes) is 4. The minimum absolute atomic E-state index is 0.0727. The highest BCUT2D eigenvalue weighted by Gasteiger charge is 2.30. The van der Waals surface area contributed by atoms with E-state index in [4.69, 9.17) is 4.74 Å². The molecular weight excluding hydrogens is 381 g/mol. The molecule has 0 aliphatic rings. The Morgan fingerprint density at radius 3 is 2.45 bits per heavy atom. The van der Waals surface area contributed by atoms with Crippen molar-refractivity contribution < 1.29 is 22.7 Å². The number of halogens is 3.